The molecule has 0 aromatic heterocycles. The van der Waals surface area contributed by atoms with E-state index in [0.29, 0.717) is 0 Å². The van der Waals surface area contributed by atoms with E-state index < -0.39 is 29.0 Å². The van der Waals surface area contributed by atoms with E-state index in [2.05, 4.69) is 14.2 Å². The Balaban J connectivity index is 3.59. The van der Waals surface area contributed by atoms with Gasteiger partial charge in [-0.3, -0.25) is 0 Å². The fourth-order valence-corrected chi connectivity index (χ4v) is 1.15. The number of rotatable bonds is 3. The Bertz CT molecular complexity index is 348. The van der Waals surface area contributed by atoms with Gasteiger partial charge in [-0.2, -0.15) is 8.78 Å². The molecule has 0 bridgehead atoms. The third kappa shape index (κ3) is 1.67. The van der Waals surface area contributed by atoms with Crippen LogP contribution in [-0.4, -0.2) is 21.3 Å². The van der Waals surface area contributed by atoms with Gasteiger partial charge in [0.05, 0.1) is 21.3 Å². The summed E-state index contributed by atoms with van der Waals surface area (Å²) in [5.41, 5.74) is 0. The minimum atomic E-state index is -1.66. The van der Waals surface area contributed by atoms with Gasteiger partial charge in [0.15, 0.2) is 0 Å². The van der Waals surface area contributed by atoms with Gasteiger partial charge in [0.2, 0.25) is 34.7 Å². The molecule has 0 fully saturated rings. The van der Waals surface area contributed by atoms with Gasteiger partial charge in [0, 0.05) is 0 Å². The lowest BCUT2D eigenvalue weighted by Gasteiger charge is -2.13. The predicted octanol–water partition coefficient (Wildman–Crippen LogP) is 2.13. The molecule has 0 radical (unpaired) electrons. The van der Waals surface area contributed by atoms with Gasteiger partial charge in [0.25, 0.3) is 0 Å². The van der Waals surface area contributed by atoms with Crippen LogP contribution < -0.4 is 14.2 Å². The molecule has 0 aliphatic heterocycles. The molecule has 0 spiro atoms. The third-order valence-corrected chi connectivity index (χ3v) is 1.81. The Hall–Kier alpha value is -1.59. The van der Waals surface area contributed by atoms with Crippen molar-refractivity contribution in [3.8, 4) is 17.2 Å². The minimum absolute atomic E-state index is 0.323. The quantitative estimate of drug-likeness (QED) is 0.733. The zero-order valence-electron chi connectivity index (χ0n) is 8.36. The van der Waals surface area contributed by atoms with Crippen molar-refractivity contribution in [2.45, 2.75) is 0 Å². The maximum absolute atomic E-state index is 13.2. The standard InChI is InChI=1S/C9H9F3O3/c1-13-7-5(11)4(10)6(12)8(14-2)9(7)15-3/h1-3H3. The Kier molecular flexibility index (Phi) is 3.28. The van der Waals surface area contributed by atoms with E-state index in [1.807, 2.05) is 0 Å². The van der Waals surface area contributed by atoms with Crippen LogP contribution in [0.4, 0.5) is 13.2 Å². The summed E-state index contributed by atoms with van der Waals surface area (Å²) in [5, 5.41) is 0. The Morgan fingerprint density at radius 3 is 1.20 bits per heavy atom. The van der Waals surface area contributed by atoms with Crippen LogP contribution in [0.15, 0.2) is 0 Å². The van der Waals surface area contributed by atoms with Crippen molar-refractivity contribution in [3.63, 3.8) is 0 Å². The molecule has 3 nitrogen and oxygen atoms in total. The SMILES string of the molecule is COc1c(F)c(F)c(F)c(OC)c1OC. The molecule has 1 rings (SSSR count). The van der Waals surface area contributed by atoms with Crippen molar-refractivity contribution in [2.24, 2.45) is 0 Å². The highest BCUT2D eigenvalue weighted by atomic mass is 19.2. The molecular formula is C9H9F3O3. The van der Waals surface area contributed by atoms with E-state index in [0.717, 1.165) is 21.3 Å². The maximum atomic E-state index is 13.2. The fraction of sp³-hybridized carbons (Fsp3) is 0.333. The number of methoxy groups -OCH3 is 3. The van der Waals surface area contributed by atoms with Crippen molar-refractivity contribution < 1.29 is 27.4 Å². The number of benzene rings is 1. The molecule has 15 heavy (non-hydrogen) atoms. The molecule has 1 aromatic carbocycles. The highest BCUT2D eigenvalue weighted by Gasteiger charge is 2.27. The Morgan fingerprint density at radius 2 is 0.933 bits per heavy atom. The van der Waals surface area contributed by atoms with E-state index in [4.69, 9.17) is 0 Å². The van der Waals surface area contributed by atoms with Crippen LogP contribution in [0.1, 0.15) is 0 Å². The first-order valence-corrected chi connectivity index (χ1v) is 3.90. The van der Waals surface area contributed by atoms with Gasteiger partial charge in [-0.05, 0) is 0 Å². The van der Waals surface area contributed by atoms with Gasteiger partial charge < -0.3 is 14.2 Å². The summed E-state index contributed by atoms with van der Waals surface area (Å²) in [6, 6.07) is 0. The molecule has 1 aromatic rings. The molecule has 0 unspecified atom stereocenters. The minimum Gasteiger partial charge on any atom is -0.490 e. The lowest BCUT2D eigenvalue weighted by Crippen LogP contribution is -2.03. The average Bonchev–Trinajstić information content (AvgIpc) is 2.25. The molecule has 84 valence electrons. The Morgan fingerprint density at radius 1 is 0.600 bits per heavy atom. The molecule has 0 N–H and O–H groups in total. The summed E-state index contributed by atoms with van der Waals surface area (Å²) in [6.45, 7) is 0. The highest BCUT2D eigenvalue weighted by molar-refractivity contribution is 5.53. The van der Waals surface area contributed by atoms with Crippen LogP contribution in [0, 0.1) is 17.5 Å². The number of halogens is 3. The second-order valence-electron chi connectivity index (χ2n) is 2.54. The van der Waals surface area contributed by atoms with Crippen LogP contribution in [0.25, 0.3) is 0 Å². The monoisotopic (exact) mass is 222 g/mol. The van der Waals surface area contributed by atoms with Crippen LogP contribution >= 0.6 is 0 Å². The lowest BCUT2D eigenvalue weighted by atomic mass is 10.2. The number of ether oxygens (including phenoxy) is 3. The summed E-state index contributed by atoms with van der Waals surface area (Å²) in [4.78, 5) is 0. The third-order valence-electron chi connectivity index (χ3n) is 1.81. The Labute approximate surface area is 84.4 Å². The molecule has 6 heteroatoms. The van der Waals surface area contributed by atoms with Gasteiger partial charge in [-0.25, -0.2) is 4.39 Å². The lowest BCUT2D eigenvalue weighted by molar-refractivity contribution is 0.285. The predicted molar refractivity (Wildman–Crippen MR) is 46.0 cm³/mol. The van der Waals surface area contributed by atoms with E-state index in [-0.39, 0.29) is 5.75 Å². The zero-order valence-corrected chi connectivity index (χ0v) is 8.36. The van der Waals surface area contributed by atoms with Crippen molar-refractivity contribution in [1.29, 1.82) is 0 Å². The summed E-state index contributed by atoms with van der Waals surface area (Å²) in [5.74, 6) is -5.96. The van der Waals surface area contributed by atoms with Crippen LogP contribution in [-0.2, 0) is 0 Å². The molecule has 0 saturated heterocycles. The first kappa shape index (κ1) is 11.5. The number of hydrogen-bond acceptors (Lipinski definition) is 3. The molecule has 0 saturated carbocycles. The van der Waals surface area contributed by atoms with Crippen molar-refractivity contribution >= 4 is 0 Å². The molecular weight excluding hydrogens is 213 g/mol. The van der Waals surface area contributed by atoms with Gasteiger partial charge >= 0.3 is 0 Å². The normalized spacial score (nSPS) is 10.0. The second-order valence-corrected chi connectivity index (χ2v) is 2.54. The molecule has 0 aliphatic carbocycles. The largest absolute Gasteiger partial charge is 0.490 e. The fourth-order valence-electron chi connectivity index (χ4n) is 1.15. The summed E-state index contributed by atoms with van der Waals surface area (Å²) >= 11 is 0. The zero-order chi connectivity index (χ0) is 11.6. The summed E-state index contributed by atoms with van der Waals surface area (Å²) in [7, 11) is 3.38. The van der Waals surface area contributed by atoms with Gasteiger partial charge in [-0.1, -0.05) is 0 Å². The first-order chi connectivity index (χ1) is 7.08. The summed E-state index contributed by atoms with van der Waals surface area (Å²) < 4.78 is 53.1. The van der Waals surface area contributed by atoms with Gasteiger partial charge in [-0.15, -0.1) is 0 Å². The molecule has 0 aliphatic rings. The van der Waals surface area contributed by atoms with Gasteiger partial charge in [0.1, 0.15) is 0 Å². The second kappa shape index (κ2) is 4.29. The number of hydrogen-bond donors (Lipinski definition) is 0. The van der Waals surface area contributed by atoms with E-state index in [1.54, 1.807) is 0 Å². The van der Waals surface area contributed by atoms with Crippen molar-refractivity contribution in [1.82, 2.24) is 0 Å². The molecule has 0 atom stereocenters. The van der Waals surface area contributed by atoms with Crippen LogP contribution in [0.5, 0.6) is 17.2 Å². The van der Waals surface area contributed by atoms with Crippen LogP contribution in [0.2, 0.25) is 0 Å². The first-order valence-electron chi connectivity index (χ1n) is 3.90. The van der Waals surface area contributed by atoms with Crippen LogP contribution in [0.3, 0.4) is 0 Å². The average molecular weight is 222 g/mol. The summed E-state index contributed by atoms with van der Waals surface area (Å²) in [6.07, 6.45) is 0. The highest BCUT2D eigenvalue weighted by Crippen LogP contribution is 2.42. The van der Waals surface area contributed by atoms with Crippen molar-refractivity contribution in [3.05, 3.63) is 17.5 Å². The topological polar surface area (TPSA) is 27.7 Å². The van der Waals surface area contributed by atoms with Crippen molar-refractivity contribution in [2.75, 3.05) is 21.3 Å². The van der Waals surface area contributed by atoms with E-state index >= 15 is 0 Å². The van der Waals surface area contributed by atoms with E-state index in [9.17, 15) is 13.2 Å². The molecule has 0 amide bonds. The molecule has 0 heterocycles. The maximum Gasteiger partial charge on any atom is 0.209 e. The van der Waals surface area contributed by atoms with E-state index in [1.165, 1.54) is 0 Å². The smallest absolute Gasteiger partial charge is 0.209 e.